The summed E-state index contributed by atoms with van der Waals surface area (Å²) in [7, 11) is 1.62. The van der Waals surface area contributed by atoms with Crippen LogP contribution >= 0.6 is 0 Å². The number of aryl methyl sites for hydroxylation is 2. The Labute approximate surface area is 125 Å². The predicted octanol–water partition coefficient (Wildman–Crippen LogP) is 3.62. The molecule has 0 spiro atoms. The number of hydrogen-bond donors (Lipinski definition) is 0. The van der Waals surface area contributed by atoms with E-state index >= 15 is 0 Å². The average molecular weight is 288 g/mol. The van der Waals surface area contributed by atoms with Crippen LogP contribution in [0.25, 0.3) is 0 Å². The maximum Gasteiger partial charge on any atom is 0.153 e. The van der Waals surface area contributed by atoms with Gasteiger partial charge in [0.15, 0.2) is 6.29 Å². The van der Waals surface area contributed by atoms with Crippen LogP contribution in [0.4, 0.5) is 4.39 Å². The molecule has 0 saturated heterocycles. The van der Waals surface area contributed by atoms with Crippen molar-refractivity contribution in [3.05, 3.63) is 46.7 Å². The molecule has 0 saturated carbocycles. The second kappa shape index (κ2) is 7.62. The van der Waals surface area contributed by atoms with E-state index in [4.69, 9.17) is 0 Å². The van der Waals surface area contributed by atoms with E-state index in [0.29, 0.717) is 23.3 Å². The largest absolute Gasteiger partial charge is 0.298 e. The van der Waals surface area contributed by atoms with Crippen LogP contribution in [-0.4, -0.2) is 30.9 Å². The Morgan fingerprint density at radius 2 is 1.95 bits per heavy atom. The van der Waals surface area contributed by atoms with Crippen LogP contribution in [0.15, 0.2) is 40.0 Å². The van der Waals surface area contributed by atoms with Gasteiger partial charge in [-0.3, -0.25) is 14.8 Å². The lowest BCUT2D eigenvalue weighted by atomic mass is 9.99. The molecule has 3 nitrogen and oxygen atoms in total. The van der Waals surface area contributed by atoms with Crippen molar-refractivity contribution in [3.8, 4) is 0 Å². The number of allylic oxidation sites excluding steroid dienone is 1. The quantitative estimate of drug-likeness (QED) is 0.463. The Hall–Kier alpha value is -2.10. The van der Waals surface area contributed by atoms with Crippen molar-refractivity contribution in [2.45, 2.75) is 33.9 Å². The van der Waals surface area contributed by atoms with Gasteiger partial charge in [0.2, 0.25) is 0 Å². The van der Waals surface area contributed by atoms with Crippen molar-refractivity contribution in [1.29, 1.82) is 0 Å². The maximum absolute atomic E-state index is 13.1. The predicted molar refractivity (Wildman–Crippen MR) is 86.2 cm³/mol. The normalized spacial score (nSPS) is 15.0. The van der Waals surface area contributed by atoms with Crippen molar-refractivity contribution < 1.29 is 9.18 Å². The molecule has 112 valence electrons. The van der Waals surface area contributed by atoms with Gasteiger partial charge in [-0.15, -0.1) is 0 Å². The van der Waals surface area contributed by atoms with E-state index in [2.05, 4.69) is 9.98 Å². The van der Waals surface area contributed by atoms with Crippen LogP contribution in [0.2, 0.25) is 0 Å². The monoisotopic (exact) mass is 288 g/mol. The van der Waals surface area contributed by atoms with Crippen LogP contribution in [0.5, 0.6) is 0 Å². The molecule has 0 aliphatic carbocycles. The lowest BCUT2D eigenvalue weighted by Gasteiger charge is -2.08. The van der Waals surface area contributed by atoms with Gasteiger partial charge in [0.05, 0.1) is 11.3 Å². The van der Waals surface area contributed by atoms with E-state index in [1.54, 1.807) is 14.0 Å². The van der Waals surface area contributed by atoms with Crippen LogP contribution < -0.4 is 0 Å². The Morgan fingerprint density at radius 1 is 1.29 bits per heavy atom. The lowest BCUT2D eigenvalue weighted by molar-refractivity contribution is -0.104. The highest BCUT2D eigenvalue weighted by molar-refractivity contribution is 6.23. The molecule has 0 fully saturated rings. The number of carbonyl (C=O) groups is 1. The number of aliphatic imine (C=N–C) groups is 2. The number of carbonyl (C=O) groups excluding carboxylic acids is 1. The summed E-state index contributed by atoms with van der Waals surface area (Å²) in [5, 5.41) is 0. The van der Waals surface area contributed by atoms with Gasteiger partial charge in [0.1, 0.15) is 6.17 Å². The Morgan fingerprint density at radius 3 is 2.43 bits per heavy atom. The summed E-state index contributed by atoms with van der Waals surface area (Å²) in [5.74, 6) is 0. The fourth-order valence-electron chi connectivity index (χ4n) is 1.74. The maximum atomic E-state index is 13.1. The van der Waals surface area contributed by atoms with Crippen molar-refractivity contribution in [2.75, 3.05) is 7.05 Å². The number of rotatable bonds is 5. The van der Waals surface area contributed by atoms with Crippen molar-refractivity contribution >= 4 is 17.7 Å². The Kier molecular flexibility index (Phi) is 6.15. The van der Waals surface area contributed by atoms with E-state index in [1.165, 1.54) is 18.7 Å². The Balaban J connectivity index is 3.23. The highest BCUT2D eigenvalue weighted by Crippen LogP contribution is 2.14. The third-order valence-corrected chi connectivity index (χ3v) is 3.39. The highest BCUT2D eigenvalue weighted by atomic mass is 19.1. The topological polar surface area (TPSA) is 41.8 Å². The molecule has 0 amide bonds. The van der Waals surface area contributed by atoms with E-state index in [9.17, 15) is 9.18 Å². The number of benzene rings is 1. The summed E-state index contributed by atoms with van der Waals surface area (Å²) in [6.07, 6.45) is 0.922. The molecule has 1 aromatic carbocycles. The van der Waals surface area contributed by atoms with E-state index < -0.39 is 6.17 Å². The van der Waals surface area contributed by atoms with Gasteiger partial charge in [0, 0.05) is 24.5 Å². The molecule has 1 unspecified atom stereocenters. The first-order valence-electron chi connectivity index (χ1n) is 6.79. The van der Waals surface area contributed by atoms with Gasteiger partial charge in [-0.1, -0.05) is 12.1 Å². The summed E-state index contributed by atoms with van der Waals surface area (Å²) in [6, 6.07) is 5.87. The van der Waals surface area contributed by atoms with E-state index in [0.717, 1.165) is 11.1 Å². The molecule has 0 aliphatic rings. The molecule has 1 rings (SSSR count). The SMILES string of the molecule is CN=C(/C(C=O)=C\N=C(C)C(C)F)c1ccc(C)c(C)c1. The summed E-state index contributed by atoms with van der Waals surface area (Å²) < 4.78 is 13.1. The van der Waals surface area contributed by atoms with Gasteiger partial charge < -0.3 is 0 Å². The van der Waals surface area contributed by atoms with Crippen LogP contribution in [0, 0.1) is 13.8 Å². The molecule has 4 heteroatoms. The first-order chi connectivity index (χ1) is 9.90. The number of halogens is 1. The van der Waals surface area contributed by atoms with Crippen LogP contribution in [-0.2, 0) is 4.79 Å². The smallest absolute Gasteiger partial charge is 0.153 e. The number of nitrogens with zero attached hydrogens (tertiary/aromatic N) is 2. The molecule has 0 N–H and O–H groups in total. The third-order valence-electron chi connectivity index (χ3n) is 3.39. The second-order valence-corrected chi connectivity index (χ2v) is 4.96. The van der Waals surface area contributed by atoms with Crippen LogP contribution in [0.1, 0.15) is 30.5 Å². The third kappa shape index (κ3) is 4.45. The highest BCUT2D eigenvalue weighted by Gasteiger charge is 2.10. The molecule has 0 aliphatic heterocycles. The van der Waals surface area contributed by atoms with Gasteiger partial charge >= 0.3 is 0 Å². The zero-order chi connectivity index (χ0) is 16.0. The molecule has 0 heterocycles. The molecule has 1 atom stereocenters. The zero-order valence-corrected chi connectivity index (χ0v) is 13.1. The van der Waals surface area contributed by atoms with Gasteiger partial charge in [0.25, 0.3) is 0 Å². The lowest BCUT2D eigenvalue weighted by Crippen LogP contribution is -2.09. The summed E-state index contributed by atoms with van der Waals surface area (Å²) >= 11 is 0. The minimum absolute atomic E-state index is 0.324. The van der Waals surface area contributed by atoms with Crippen molar-refractivity contribution in [2.24, 2.45) is 9.98 Å². The minimum Gasteiger partial charge on any atom is -0.298 e. The molecular formula is C17H21FN2O. The number of hydrogen-bond acceptors (Lipinski definition) is 3. The molecular weight excluding hydrogens is 267 g/mol. The minimum atomic E-state index is -1.14. The number of alkyl halides is 1. The average Bonchev–Trinajstić information content (AvgIpc) is 2.46. The Bertz CT molecular complexity index is 613. The first kappa shape index (κ1) is 17.0. The molecule has 0 bridgehead atoms. The molecule has 0 aromatic heterocycles. The molecule has 1 aromatic rings. The molecule has 21 heavy (non-hydrogen) atoms. The fraction of sp³-hybridized carbons (Fsp3) is 0.353. The van der Waals surface area contributed by atoms with E-state index in [1.807, 2.05) is 32.0 Å². The van der Waals surface area contributed by atoms with Gasteiger partial charge in [-0.05, 0) is 44.9 Å². The first-order valence-corrected chi connectivity index (χ1v) is 6.79. The van der Waals surface area contributed by atoms with Crippen molar-refractivity contribution in [3.63, 3.8) is 0 Å². The fourth-order valence-corrected chi connectivity index (χ4v) is 1.74. The number of aldehydes is 1. The molecule has 0 radical (unpaired) electrons. The summed E-state index contributed by atoms with van der Waals surface area (Å²) in [4.78, 5) is 19.5. The van der Waals surface area contributed by atoms with E-state index in [-0.39, 0.29) is 0 Å². The second-order valence-electron chi connectivity index (χ2n) is 4.96. The van der Waals surface area contributed by atoms with Gasteiger partial charge in [-0.25, -0.2) is 4.39 Å². The van der Waals surface area contributed by atoms with Crippen molar-refractivity contribution in [1.82, 2.24) is 0 Å². The zero-order valence-electron chi connectivity index (χ0n) is 13.1. The standard InChI is InChI=1S/C17H21FN2O/c1-11-6-7-15(8-12(11)2)17(19-5)16(10-21)9-20-14(4)13(3)18/h6-10,13H,1-5H3/b16-9-,19-17?,20-14?. The van der Waals surface area contributed by atoms with Gasteiger partial charge in [-0.2, -0.15) is 0 Å². The summed E-state index contributed by atoms with van der Waals surface area (Å²) in [5.41, 5.74) is 4.35. The van der Waals surface area contributed by atoms with Crippen LogP contribution in [0.3, 0.4) is 0 Å². The summed E-state index contributed by atoms with van der Waals surface area (Å²) in [6.45, 7) is 7.02.